The summed E-state index contributed by atoms with van der Waals surface area (Å²) in [4.78, 5) is 31.5. The van der Waals surface area contributed by atoms with Crippen molar-refractivity contribution in [2.75, 3.05) is 0 Å². The van der Waals surface area contributed by atoms with E-state index in [-0.39, 0.29) is 17.2 Å². The van der Waals surface area contributed by atoms with E-state index in [2.05, 4.69) is 25.5 Å². The first kappa shape index (κ1) is 13.5. The molecule has 0 saturated heterocycles. The maximum atomic E-state index is 12.3. The van der Waals surface area contributed by atoms with Gasteiger partial charge in [0.05, 0.1) is 17.9 Å². The number of carbonyl (C=O) groups is 1. The normalized spacial score (nSPS) is 15.7. The Kier molecular flexibility index (Phi) is 3.32. The van der Waals surface area contributed by atoms with Crippen LogP contribution in [0.2, 0.25) is 0 Å². The van der Waals surface area contributed by atoms with E-state index >= 15 is 0 Å². The van der Waals surface area contributed by atoms with Crippen LogP contribution in [0, 0.1) is 6.92 Å². The highest BCUT2D eigenvalue weighted by molar-refractivity contribution is 5.95. The molecule has 1 aliphatic carbocycles. The molecule has 3 rings (SSSR count). The molecule has 1 aliphatic rings. The van der Waals surface area contributed by atoms with Gasteiger partial charge in [-0.05, 0) is 26.7 Å². The summed E-state index contributed by atoms with van der Waals surface area (Å²) in [5.74, 6) is 0.618. The third-order valence-electron chi connectivity index (χ3n) is 3.68. The first-order chi connectivity index (χ1) is 10.1. The Morgan fingerprint density at radius 1 is 1.48 bits per heavy atom. The Morgan fingerprint density at radius 2 is 2.24 bits per heavy atom. The number of nitrogens with zero attached hydrogens (tertiary/aromatic N) is 2. The Morgan fingerprint density at radius 3 is 2.81 bits per heavy atom. The lowest BCUT2D eigenvalue weighted by Gasteiger charge is -2.13. The van der Waals surface area contributed by atoms with Crippen LogP contribution in [0.5, 0.6) is 0 Å². The van der Waals surface area contributed by atoms with E-state index in [0.717, 1.165) is 18.4 Å². The van der Waals surface area contributed by atoms with Crippen molar-refractivity contribution in [3.05, 3.63) is 45.4 Å². The van der Waals surface area contributed by atoms with Crippen LogP contribution >= 0.6 is 0 Å². The maximum Gasteiger partial charge on any atom is 0.264 e. The summed E-state index contributed by atoms with van der Waals surface area (Å²) in [6.07, 6.45) is 5.43. The Hall–Kier alpha value is -2.44. The van der Waals surface area contributed by atoms with Gasteiger partial charge in [-0.15, -0.1) is 0 Å². The fourth-order valence-corrected chi connectivity index (χ4v) is 2.28. The average molecular weight is 287 g/mol. The smallest absolute Gasteiger partial charge is 0.264 e. The topological polar surface area (TPSA) is 104 Å². The first-order valence-corrected chi connectivity index (χ1v) is 6.96. The number of carbonyl (C=O) groups excluding carboxylic acids is 1. The summed E-state index contributed by atoms with van der Waals surface area (Å²) in [6.45, 7) is 3.52. The van der Waals surface area contributed by atoms with Crippen LogP contribution in [0.15, 0.2) is 17.2 Å². The molecule has 1 amide bonds. The van der Waals surface area contributed by atoms with Gasteiger partial charge in [0.2, 0.25) is 0 Å². The molecule has 0 bridgehead atoms. The molecule has 2 aromatic heterocycles. The van der Waals surface area contributed by atoms with Gasteiger partial charge in [-0.3, -0.25) is 14.7 Å². The van der Waals surface area contributed by atoms with Crippen molar-refractivity contribution in [3.8, 4) is 0 Å². The van der Waals surface area contributed by atoms with E-state index in [0.29, 0.717) is 17.4 Å². The van der Waals surface area contributed by atoms with Gasteiger partial charge in [0.1, 0.15) is 11.4 Å². The van der Waals surface area contributed by atoms with Crippen LogP contribution in [-0.2, 0) is 0 Å². The lowest BCUT2D eigenvalue weighted by Crippen LogP contribution is -2.33. The van der Waals surface area contributed by atoms with Gasteiger partial charge in [0.25, 0.3) is 11.5 Å². The largest absolute Gasteiger partial charge is 0.345 e. The molecule has 1 fully saturated rings. The highest BCUT2D eigenvalue weighted by Gasteiger charge is 2.28. The predicted octanol–water partition coefficient (Wildman–Crippen LogP) is 1.17. The molecule has 110 valence electrons. The van der Waals surface area contributed by atoms with Crippen molar-refractivity contribution in [2.45, 2.75) is 38.6 Å². The van der Waals surface area contributed by atoms with Crippen molar-refractivity contribution in [1.29, 1.82) is 0 Å². The lowest BCUT2D eigenvalue weighted by atomic mass is 10.1. The summed E-state index contributed by atoms with van der Waals surface area (Å²) in [5.41, 5.74) is 1.02. The minimum Gasteiger partial charge on any atom is -0.345 e. The zero-order valence-electron chi connectivity index (χ0n) is 11.9. The molecule has 0 spiro atoms. The van der Waals surface area contributed by atoms with Crippen molar-refractivity contribution in [2.24, 2.45) is 0 Å². The Balaban J connectivity index is 1.83. The number of hydrogen-bond acceptors (Lipinski definition) is 4. The van der Waals surface area contributed by atoms with Crippen molar-refractivity contribution < 1.29 is 4.79 Å². The van der Waals surface area contributed by atoms with E-state index in [1.165, 1.54) is 0 Å². The second-order valence-corrected chi connectivity index (χ2v) is 5.41. The molecule has 0 radical (unpaired) electrons. The highest BCUT2D eigenvalue weighted by Crippen LogP contribution is 2.37. The number of aryl methyl sites for hydroxylation is 1. The van der Waals surface area contributed by atoms with Gasteiger partial charge in [0.15, 0.2) is 0 Å². The molecule has 7 nitrogen and oxygen atoms in total. The number of hydrogen-bond donors (Lipinski definition) is 3. The second-order valence-electron chi connectivity index (χ2n) is 5.41. The molecule has 1 unspecified atom stereocenters. The first-order valence-electron chi connectivity index (χ1n) is 6.96. The number of aromatic amines is 2. The minimum absolute atomic E-state index is 0.0785. The molecule has 2 aromatic rings. The lowest BCUT2D eigenvalue weighted by molar-refractivity contribution is 0.0937. The molecule has 0 aliphatic heterocycles. The number of amides is 1. The number of H-pyrrole nitrogens is 2. The fourth-order valence-electron chi connectivity index (χ4n) is 2.28. The molecule has 1 saturated carbocycles. The Labute approximate surface area is 121 Å². The summed E-state index contributed by atoms with van der Waals surface area (Å²) >= 11 is 0. The molecular weight excluding hydrogens is 270 g/mol. The van der Waals surface area contributed by atoms with Crippen LogP contribution < -0.4 is 10.9 Å². The standard InChI is InChI=1S/C14H17N5O2/c1-7(10-5-15-16-6-10)18-13(20)11-8(2)17-12(9-3-4-9)19-14(11)21/h5-7,9H,3-4H2,1-2H3,(H,15,16)(H,18,20)(H,17,19,21). The van der Waals surface area contributed by atoms with Crippen LogP contribution in [0.1, 0.15) is 59.2 Å². The quantitative estimate of drug-likeness (QED) is 0.785. The van der Waals surface area contributed by atoms with Gasteiger partial charge in [-0.1, -0.05) is 0 Å². The van der Waals surface area contributed by atoms with Crippen LogP contribution in [0.25, 0.3) is 0 Å². The van der Waals surface area contributed by atoms with Gasteiger partial charge in [-0.2, -0.15) is 5.10 Å². The van der Waals surface area contributed by atoms with Crippen molar-refractivity contribution in [3.63, 3.8) is 0 Å². The summed E-state index contributed by atoms with van der Waals surface area (Å²) in [6, 6.07) is -0.238. The van der Waals surface area contributed by atoms with Crippen molar-refractivity contribution in [1.82, 2.24) is 25.5 Å². The minimum atomic E-state index is -0.419. The number of aromatic nitrogens is 4. The highest BCUT2D eigenvalue weighted by atomic mass is 16.2. The molecular formula is C14H17N5O2. The van der Waals surface area contributed by atoms with Gasteiger partial charge < -0.3 is 10.3 Å². The van der Waals surface area contributed by atoms with Crippen LogP contribution in [0.3, 0.4) is 0 Å². The second kappa shape index (κ2) is 5.16. The number of rotatable bonds is 4. The number of nitrogens with one attached hydrogen (secondary N) is 3. The summed E-state index contributed by atoms with van der Waals surface area (Å²) in [7, 11) is 0. The molecule has 0 aromatic carbocycles. The molecule has 2 heterocycles. The summed E-state index contributed by atoms with van der Waals surface area (Å²) < 4.78 is 0. The Bertz CT molecular complexity index is 715. The van der Waals surface area contributed by atoms with Crippen LogP contribution in [0.4, 0.5) is 0 Å². The summed E-state index contributed by atoms with van der Waals surface area (Å²) in [5, 5.41) is 9.32. The predicted molar refractivity (Wildman–Crippen MR) is 76.0 cm³/mol. The average Bonchev–Trinajstić information content (AvgIpc) is 3.12. The van der Waals surface area contributed by atoms with E-state index in [1.54, 1.807) is 19.3 Å². The zero-order valence-corrected chi connectivity index (χ0v) is 11.9. The van der Waals surface area contributed by atoms with Gasteiger partial charge in [-0.25, -0.2) is 4.98 Å². The maximum absolute atomic E-state index is 12.3. The molecule has 7 heteroatoms. The zero-order chi connectivity index (χ0) is 15.0. The van der Waals surface area contributed by atoms with E-state index in [9.17, 15) is 9.59 Å². The monoisotopic (exact) mass is 287 g/mol. The fraction of sp³-hybridized carbons (Fsp3) is 0.429. The van der Waals surface area contributed by atoms with E-state index in [1.807, 2.05) is 6.92 Å². The molecule has 1 atom stereocenters. The van der Waals surface area contributed by atoms with E-state index < -0.39 is 5.91 Å². The third-order valence-corrected chi connectivity index (χ3v) is 3.68. The molecule has 21 heavy (non-hydrogen) atoms. The van der Waals surface area contributed by atoms with Crippen LogP contribution in [-0.4, -0.2) is 26.1 Å². The van der Waals surface area contributed by atoms with Crippen molar-refractivity contribution >= 4 is 5.91 Å². The van der Waals surface area contributed by atoms with Gasteiger partial charge >= 0.3 is 0 Å². The molecule has 3 N–H and O–H groups in total. The van der Waals surface area contributed by atoms with Gasteiger partial charge in [0, 0.05) is 17.7 Å². The van der Waals surface area contributed by atoms with E-state index in [4.69, 9.17) is 0 Å². The SMILES string of the molecule is Cc1nc(C2CC2)[nH]c(=O)c1C(=O)NC(C)c1cn[nH]c1. The third kappa shape index (κ3) is 2.72.